The van der Waals surface area contributed by atoms with Gasteiger partial charge in [0.25, 0.3) is 5.91 Å². The Labute approximate surface area is 189 Å². The Kier molecular flexibility index (Phi) is 7.68. The number of pyridine rings is 1. The molecule has 0 bridgehead atoms. The third-order valence-electron chi connectivity index (χ3n) is 4.07. The van der Waals surface area contributed by atoms with Crippen molar-refractivity contribution in [1.82, 2.24) is 10.3 Å². The minimum atomic E-state index is -0.266. The van der Waals surface area contributed by atoms with E-state index in [1.807, 2.05) is 31.3 Å². The lowest BCUT2D eigenvalue weighted by Gasteiger charge is -2.13. The average Bonchev–Trinajstić information content (AvgIpc) is 2.76. The second-order valence-corrected chi connectivity index (χ2v) is 7.89. The van der Waals surface area contributed by atoms with Crippen molar-refractivity contribution in [3.63, 3.8) is 0 Å². The number of hydrogen-bond donors (Lipinski definition) is 3. The second-order valence-electron chi connectivity index (χ2n) is 6.06. The molecule has 3 aromatic rings. The highest BCUT2D eigenvalue weighted by atomic mass is 35.5. The molecule has 1 aromatic heterocycles. The lowest BCUT2D eigenvalue weighted by Crippen LogP contribution is -2.18. The number of ether oxygens (including phenoxy) is 1. The van der Waals surface area contributed by atoms with Gasteiger partial charge < -0.3 is 20.7 Å². The van der Waals surface area contributed by atoms with Gasteiger partial charge in [0, 0.05) is 43.0 Å². The van der Waals surface area contributed by atoms with Crippen LogP contribution in [-0.4, -0.2) is 30.9 Å². The summed E-state index contributed by atoms with van der Waals surface area (Å²) in [6.07, 6.45) is 1.54. The molecule has 0 radical (unpaired) electrons. The van der Waals surface area contributed by atoms with Crippen molar-refractivity contribution in [2.75, 3.05) is 30.6 Å². The molecule has 6 nitrogen and oxygen atoms in total. The molecule has 30 heavy (non-hydrogen) atoms. The summed E-state index contributed by atoms with van der Waals surface area (Å²) < 4.78 is 5.90. The lowest BCUT2D eigenvalue weighted by atomic mass is 10.3. The monoisotopic (exact) mass is 462 g/mol. The van der Waals surface area contributed by atoms with Crippen LogP contribution in [0.3, 0.4) is 0 Å². The summed E-state index contributed by atoms with van der Waals surface area (Å²) in [5.74, 6) is 1.56. The first kappa shape index (κ1) is 22.1. The molecule has 1 heterocycles. The number of carbonyl (C=O) groups excluding carboxylic acids is 1. The number of benzene rings is 2. The maximum absolute atomic E-state index is 11.7. The molecule has 0 aliphatic heterocycles. The van der Waals surface area contributed by atoms with Gasteiger partial charge in [-0.15, -0.1) is 11.8 Å². The van der Waals surface area contributed by atoms with Crippen LogP contribution in [0.4, 0.5) is 11.4 Å². The van der Waals surface area contributed by atoms with E-state index in [9.17, 15) is 4.79 Å². The second kappa shape index (κ2) is 10.4. The van der Waals surface area contributed by atoms with E-state index in [0.29, 0.717) is 33.1 Å². The van der Waals surface area contributed by atoms with Crippen molar-refractivity contribution in [2.45, 2.75) is 4.90 Å². The molecule has 3 rings (SSSR count). The Bertz CT molecular complexity index is 1050. The fourth-order valence-electron chi connectivity index (χ4n) is 2.56. The van der Waals surface area contributed by atoms with Crippen molar-refractivity contribution in [3.8, 4) is 11.5 Å². The molecule has 0 atom stereocenters. The van der Waals surface area contributed by atoms with Gasteiger partial charge in [0.1, 0.15) is 17.2 Å². The van der Waals surface area contributed by atoms with Gasteiger partial charge in [-0.25, -0.2) is 0 Å². The zero-order valence-corrected chi connectivity index (χ0v) is 18.7. The van der Waals surface area contributed by atoms with Crippen LogP contribution in [0.2, 0.25) is 10.0 Å². The Balaban J connectivity index is 1.66. The quantitative estimate of drug-likeness (QED) is 0.292. The van der Waals surface area contributed by atoms with Gasteiger partial charge in [-0.3, -0.25) is 9.78 Å². The van der Waals surface area contributed by atoms with Crippen LogP contribution in [0.1, 0.15) is 10.5 Å². The molecule has 0 spiro atoms. The number of nitrogens with one attached hydrogen (secondary N) is 3. The van der Waals surface area contributed by atoms with Crippen LogP contribution < -0.4 is 20.7 Å². The van der Waals surface area contributed by atoms with Crippen LogP contribution in [0, 0.1) is 0 Å². The van der Waals surface area contributed by atoms with Crippen molar-refractivity contribution in [2.24, 2.45) is 0 Å². The van der Waals surface area contributed by atoms with E-state index >= 15 is 0 Å². The first-order valence-corrected chi connectivity index (χ1v) is 10.7. The minimum absolute atomic E-state index is 0.266. The van der Waals surface area contributed by atoms with E-state index in [2.05, 4.69) is 20.9 Å². The van der Waals surface area contributed by atoms with Crippen molar-refractivity contribution in [1.29, 1.82) is 0 Å². The highest BCUT2D eigenvalue weighted by Crippen LogP contribution is 2.33. The van der Waals surface area contributed by atoms with Gasteiger partial charge in [0.05, 0.1) is 21.6 Å². The summed E-state index contributed by atoms with van der Waals surface area (Å²) in [5.41, 5.74) is 2.12. The van der Waals surface area contributed by atoms with E-state index < -0.39 is 0 Å². The Hall–Kier alpha value is -2.61. The predicted octanol–water partition coefficient (Wildman–Crippen LogP) is 5.74. The summed E-state index contributed by atoms with van der Waals surface area (Å²) in [5, 5.41) is 10.1. The molecule has 0 fully saturated rings. The summed E-state index contributed by atoms with van der Waals surface area (Å²) in [6, 6.07) is 14.5. The zero-order valence-electron chi connectivity index (χ0n) is 16.3. The normalized spacial score (nSPS) is 10.4. The molecular formula is C21H20Cl2N4O2S. The molecule has 0 unspecified atom stereocenters. The van der Waals surface area contributed by atoms with E-state index in [-0.39, 0.29) is 5.91 Å². The SMILES string of the molecule is CNC(=O)c1cc(Oc2ccc(SCNc3ccc(Cl)c(Cl)c3)c(NC)c2)ccn1. The number of rotatable bonds is 8. The molecule has 0 saturated carbocycles. The van der Waals surface area contributed by atoms with Crippen molar-refractivity contribution in [3.05, 3.63) is 70.5 Å². The molecule has 9 heteroatoms. The molecule has 2 aromatic carbocycles. The number of halogens is 2. The van der Waals surface area contributed by atoms with Crippen LogP contribution in [0.25, 0.3) is 0 Å². The maximum atomic E-state index is 11.7. The number of hydrogen-bond acceptors (Lipinski definition) is 6. The zero-order chi connectivity index (χ0) is 21.5. The number of thioether (sulfide) groups is 1. The Morgan fingerprint density at radius 1 is 1.03 bits per heavy atom. The molecular weight excluding hydrogens is 443 g/mol. The van der Waals surface area contributed by atoms with Crippen molar-refractivity contribution >= 4 is 52.2 Å². The summed E-state index contributed by atoms with van der Waals surface area (Å²) in [7, 11) is 3.41. The molecule has 0 aliphatic carbocycles. The van der Waals surface area contributed by atoms with E-state index in [1.165, 1.54) is 6.20 Å². The van der Waals surface area contributed by atoms with E-state index in [0.717, 1.165) is 16.3 Å². The number of carbonyl (C=O) groups is 1. The first-order chi connectivity index (χ1) is 14.5. The molecule has 1 amide bonds. The molecule has 156 valence electrons. The van der Waals surface area contributed by atoms with E-state index in [1.54, 1.807) is 43.1 Å². The lowest BCUT2D eigenvalue weighted by molar-refractivity contribution is 0.0958. The summed E-state index contributed by atoms with van der Waals surface area (Å²) in [6.45, 7) is 0. The van der Waals surface area contributed by atoms with Crippen LogP contribution >= 0.6 is 35.0 Å². The number of nitrogens with zero attached hydrogens (tertiary/aromatic N) is 1. The topological polar surface area (TPSA) is 75.3 Å². The minimum Gasteiger partial charge on any atom is -0.457 e. The highest BCUT2D eigenvalue weighted by Gasteiger charge is 2.09. The number of anilines is 2. The molecule has 3 N–H and O–H groups in total. The summed E-state index contributed by atoms with van der Waals surface area (Å²) >= 11 is 13.6. The highest BCUT2D eigenvalue weighted by molar-refractivity contribution is 7.99. The van der Waals surface area contributed by atoms with Gasteiger partial charge >= 0.3 is 0 Å². The Morgan fingerprint density at radius 3 is 2.57 bits per heavy atom. The van der Waals surface area contributed by atoms with Gasteiger partial charge in [-0.1, -0.05) is 23.2 Å². The summed E-state index contributed by atoms with van der Waals surface area (Å²) in [4.78, 5) is 16.8. The standard InChI is InChI=1S/C21H20Cl2N4O2S/c1-24-18-10-14(29-15-7-8-26-19(11-15)21(28)25-2)4-6-20(18)30-12-27-13-3-5-16(22)17(23)9-13/h3-11,24,27H,12H2,1-2H3,(H,25,28). The average molecular weight is 463 g/mol. The largest absolute Gasteiger partial charge is 0.457 e. The number of aromatic nitrogens is 1. The fourth-order valence-corrected chi connectivity index (χ4v) is 3.73. The van der Waals surface area contributed by atoms with Crippen LogP contribution in [0.5, 0.6) is 11.5 Å². The number of amides is 1. The van der Waals surface area contributed by atoms with Gasteiger partial charge in [-0.05, 0) is 36.4 Å². The molecule has 0 saturated heterocycles. The molecule has 0 aliphatic rings. The Morgan fingerprint density at radius 2 is 1.83 bits per heavy atom. The fraction of sp³-hybridized carbons (Fsp3) is 0.143. The van der Waals surface area contributed by atoms with E-state index in [4.69, 9.17) is 27.9 Å². The van der Waals surface area contributed by atoms with Gasteiger partial charge in [-0.2, -0.15) is 0 Å². The van der Waals surface area contributed by atoms with Crippen LogP contribution in [-0.2, 0) is 0 Å². The first-order valence-electron chi connectivity index (χ1n) is 8.99. The third kappa shape index (κ3) is 5.72. The third-order valence-corrected chi connectivity index (χ3v) is 5.77. The maximum Gasteiger partial charge on any atom is 0.269 e. The van der Waals surface area contributed by atoms with Gasteiger partial charge in [0.15, 0.2) is 0 Å². The van der Waals surface area contributed by atoms with Crippen molar-refractivity contribution < 1.29 is 9.53 Å². The smallest absolute Gasteiger partial charge is 0.269 e. The van der Waals surface area contributed by atoms with Gasteiger partial charge in [0.2, 0.25) is 0 Å². The predicted molar refractivity (Wildman–Crippen MR) is 124 cm³/mol. The van der Waals surface area contributed by atoms with Crippen LogP contribution in [0.15, 0.2) is 59.6 Å².